The molecule has 0 radical (unpaired) electrons. The number of imide groups is 1. The Kier molecular flexibility index (Phi) is 2.06. The maximum atomic E-state index is 10.7. The number of urea groups is 1. The van der Waals surface area contributed by atoms with Gasteiger partial charge in [-0.1, -0.05) is 0 Å². The van der Waals surface area contributed by atoms with Crippen LogP contribution in [0.1, 0.15) is 6.42 Å². The minimum absolute atomic E-state index is 0.183. The maximum absolute atomic E-state index is 10.7. The topological polar surface area (TPSA) is 98.7 Å². The summed E-state index contributed by atoms with van der Waals surface area (Å²) in [6, 6.07) is -1.41. The van der Waals surface area contributed by atoms with Crippen LogP contribution in [0.2, 0.25) is 0 Å². The number of hydrogen-bond acceptors (Lipinski definition) is 4. The zero-order chi connectivity index (χ0) is 8.43. The molecule has 0 bridgehead atoms. The van der Waals surface area contributed by atoms with Crippen molar-refractivity contribution in [2.45, 2.75) is 18.8 Å². The Morgan fingerprint density at radius 1 is 1.45 bits per heavy atom. The van der Waals surface area contributed by atoms with Gasteiger partial charge in [-0.05, 0) is 0 Å². The van der Waals surface area contributed by atoms with Crippen LogP contribution in [0.3, 0.4) is 0 Å². The highest BCUT2D eigenvalue weighted by Crippen LogP contribution is 2.00. The van der Waals surface area contributed by atoms with Gasteiger partial charge in [0, 0.05) is 6.42 Å². The first-order valence-electron chi connectivity index (χ1n) is 3.07. The lowest BCUT2D eigenvalue weighted by molar-refractivity contribution is -0.123. The van der Waals surface area contributed by atoms with Gasteiger partial charge in [0.2, 0.25) is 0 Å². The van der Waals surface area contributed by atoms with Crippen LogP contribution in [0.15, 0.2) is 0 Å². The van der Waals surface area contributed by atoms with Crippen molar-refractivity contribution in [2.24, 2.45) is 0 Å². The number of aliphatic hydroxyl groups excluding tert-OH is 1. The lowest BCUT2D eigenvalue weighted by Gasteiger charge is -2.07. The van der Waals surface area contributed by atoms with Crippen molar-refractivity contribution in [3.05, 3.63) is 0 Å². The Bertz CT molecular complexity index is 191. The molecule has 3 amide bonds. The van der Waals surface area contributed by atoms with Crippen molar-refractivity contribution >= 4 is 11.9 Å². The molecular formula is C5H8N2O4. The van der Waals surface area contributed by atoms with Gasteiger partial charge in [-0.3, -0.25) is 10.1 Å². The summed E-state index contributed by atoms with van der Waals surface area (Å²) in [7, 11) is 0. The summed E-state index contributed by atoms with van der Waals surface area (Å²) in [5, 5.41) is 21.1. The molecule has 1 fully saturated rings. The molecule has 0 aromatic heterocycles. The standard InChI is InChI=1S/C5H8N2O4/c8-3(9)1-2-4(10)7-5(11)6-2/h2-3,8-9H,1H2,(H2,6,7,10,11). The molecule has 1 saturated heterocycles. The van der Waals surface area contributed by atoms with Gasteiger partial charge in [0.15, 0.2) is 6.29 Å². The van der Waals surface area contributed by atoms with Gasteiger partial charge < -0.3 is 15.5 Å². The summed E-state index contributed by atoms with van der Waals surface area (Å²) in [5.41, 5.74) is 0. The Morgan fingerprint density at radius 2 is 2.09 bits per heavy atom. The van der Waals surface area contributed by atoms with Crippen molar-refractivity contribution in [1.82, 2.24) is 10.6 Å². The molecule has 4 N–H and O–H groups in total. The molecule has 1 atom stereocenters. The molecule has 0 aliphatic carbocycles. The van der Waals surface area contributed by atoms with Gasteiger partial charge in [-0.25, -0.2) is 4.79 Å². The number of nitrogens with one attached hydrogen (secondary N) is 2. The minimum Gasteiger partial charge on any atom is -0.368 e. The average molecular weight is 160 g/mol. The van der Waals surface area contributed by atoms with Crippen LogP contribution >= 0.6 is 0 Å². The molecule has 0 spiro atoms. The first-order valence-corrected chi connectivity index (χ1v) is 3.07. The molecule has 1 unspecified atom stereocenters. The lowest BCUT2D eigenvalue weighted by Crippen LogP contribution is -2.32. The molecule has 6 heteroatoms. The molecule has 0 aromatic carbocycles. The number of carbonyl (C=O) groups excluding carboxylic acids is 2. The van der Waals surface area contributed by atoms with Crippen molar-refractivity contribution < 1.29 is 19.8 Å². The van der Waals surface area contributed by atoms with Gasteiger partial charge in [-0.2, -0.15) is 0 Å². The van der Waals surface area contributed by atoms with Gasteiger partial charge in [0.05, 0.1) is 0 Å². The first kappa shape index (κ1) is 7.96. The number of aliphatic hydroxyl groups is 2. The number of carbonyl (C=O) groups is 2. The van der Waals surface area contributed by atoms with Crippen molar-refractivity contribution in [3.8, 4) is 0 Å². The quantitative estimate of drug-likeness (QED) is 0.274. The third-order valence-corrected chi connectivity index (χ3v) is 1.31. The maximum Gasteiger partial charge on any atom is 0.322 e. The van der Waals surface area contributed by atoms with Crippen LogP contribution in [-0.2, 0) is 4.79 Å². The van der Waals surface area contributed by atoms with E-state index >= 15 is 0 Å². The summed E-state index contributed by atoms with van der Waals surface area (Å²) in [6.07, 6.45) is -1.76. The Balaban J connectivity index is 2.47. The van der Waals surface area contributed by atoms with E-state index in [1.807, 2.05) is 5.32 Å². The lowest BCUT2D eigenvalue weighted by atomic mass is 10.2. The third-order valence-electron chi connectivity index (χ3n) is 1.31. The van der Waals surface area contributed by atoms with Crippen molar-refractivity contribution in [2.75, 3.05) is 0 Å². The molecule has 1 aliphatic heterocycles. The second kappa shape index (κ2) is 2.85. The fourth-order valence-corrected chi connectivity index (χ4v) is 0.836. The Hall–Kier alpha value is -1.14. The molecule has 0 saturated carbocycles. The highest BCUT2D eigenvalue weighted by molar-refractivity contribution is 6.04. The van der Waals surface area contributed by atoms with Gasteiger partial charge in [0.1, 0.15) is 6.04 Å². The highest BCUT2D eigenvalue weighted by Gasteiger charge is 2.30. The summed E-state index contributed by atoms with van der Waals surface area (Å²) < 4.78 is 0. The number of amides is 3. The molecule has 1 heterocycles. The van der Waals surface area contributed by atoms with E-state index in [0.29, 0.717) is 0 Å². The van der Waals surface area contributed by atoms with E-state index in [-0.39, 0.29) is 6.42 Å². The van der Waals surface area contributed by atoms with Gasteiger partial charge in [0.25, 0.3) is 5.91 Å². The molecular weight excluding hydrogens is 152 g/mol. The van der Waals surface area contributed by atoms with E-state index in [9.17, 15) is 9.59 Å². The van der Waals surface area contributed by atoms with Crippen LogP contribution < -0.4 is 10.6 Å². The van der Waals surface area contributed by atoms with Gasteiger partial charge in [-0.15, -0.1) is 0 Å². The highest BCUT2D eigenvalue weighted by atomic mass is 16.5. The van der Waals surface area contributed by atoms with E-state index in [1.54, 1.807) is 0 Å². The predicted molar refractivity (Wildman–Crippen MR) is 33.3 cm³/mol. The Labute approximate surface area is 62.2 Å². The largest absolute Gasteiger partial charge is 0.368 e. The molecule has 1 aliphatic rings. The molecule has 6 nitrogen and oxygen atoms in total. The van der Waals surface area contributed by atoms with E-state index in [1.165, 1.54) is 0 Å². The number of hydrogen-bond donors (Lipinski definition) is 4. The zero-order valence-corrected chi connectivity index (χ0v) is 5.57. The second-order valence-electron chi connectivity index (χ2n) is 2.23. The number of rotatable bonds is 2. The zero-order valence-electron chi connectivity index (χ0n) is 5.57. The summed E-state index contributed by atoms with van der Waals surface area (Å²) in [4.78, 5) is 21.1. The minimum atomic E-state index is -1.58. The average Bonchev–Trinajstić information content (AvgIpc) is 2.09. The van der Waals surface area contributed by atoms with E-state index in [2.05, 4.69) is 5.32 Å². The summed E-state index contributed by atoms with van der Waals surface area (Å²) in [5.74, 6) is -0.525. The van der Waals surface area contributed by atoms with Gasteiger partial charge >= 0.3 is 6.03 Å². The fraction of sp³-hybridized carbons (Fsp3) is 0.600. The monoisotopic (exact) mass is 160 g/mol. The molecule has 0 aromatic rings. The van der Waals surface area contributed by atoms with Crippen molar-refractivity contribution in [3.63, 3.8) is 0 Å². The molecule has 1 rings (SSSR count). The Morgan fingerprint density at radius 3 is 2.45 bits per heavy atom. The summed E-state index contributed by atoms with van der Waals surface area (Å²) >= 11 is 0. The van der Waals surface area contributed by atoms with E-state index in [4.69, 9.17) is 10.2 Å². The van der Waals surface area contributed by atoms with Crippen LogP contribution in [-0.4, -0.2) is 34.5 Å². The van der Waals surface area contributed by atoms with Crippen LogP contribution in [0, 0.1) is 0 Å². The molecule has 11 heavy (non-hydrogen) atoms. The fourth-order valence-electron chi connectivity index (χ4n) is 0.836. The van der Waals surface area contributed by atoms with Crippen molar-refractivity contribution in [1.29, 1.82) is 0 Å². The van der Waals surface area contributed by atoms with Crippen LogP contribution in [0.5, 0.6) is 0 Å². The normalized spacial score (nSPS) is 23.7. The predicted octanol–water partition coefficient (Wildman–Crippen LogP) is -2.10. The summed E-state index contributed by atoms with van der Waals surface area (Å²) in [6.45, 7) is 0. The third kappa shape index (κ3) is 1.89. The van der Waals surface area contributed by atoms with Crippen LogP contribution in [0.25, 0.3) is 0 Å². The molecule has 62 valence electrons. The van der Waals surface area contributed by atoms with E-state index in [0.717, 1.165) is 0 Å². The first-order chi connectivity index (χ1) is 5.09. The SMILES string of the molecule is O=C1NC(=O)C(CC(O)O)N1. The van der Waals surface area contributed by atoms with E-state index < -0.39 is 24.3 Å². The smallest absolute Gasteiger partial charge is 0.322 e. The second-order valence-corrected chi connectivity index (χ2v) is 2.23. The van der Waals surface area contributed by atoms with Crippen LogP contribution in [0.4, 0.5) is 4.79 Å².